The molecule has 0 heterocycles. The Morgan fingerprint density at radius 1 is 0.727 bits per heavy atom. The molecule has 0 aliphatic heterocycles. The first kappa shape index (κ1) is 36.0. The van der Waals surface area contributed by atoms with Crippen molar-refractivity contribution in [2.24, 2.45) is 40.9 Å². The van der Waals surface area contributed by atoms with Gasteiger partial charge in [-0.3, -0.25) is 4.79 Å². The maximum Gasteiger partial charge on any atom is 0.332 e. The Kier molecular flexibility index (Phi) is 14.2. The molecule has 0 radical (unpaired) electrons. The Hall–Kier alpha value is -2.45. The average Bonchev–Trinajstić information content (AvgIpc) is 2.99. The number of esters is 3. The summed E-state index contributed by atoms with van der Waals surface area (Å²) in [6, 6.07) is 9.31. The number of benzene rings is 1. The topological polar surface area (TPSA) is 97.4 Å². The van der Waals surface area contributed by atoms with Crippen LogP contribution in [0.5, 0.6) is 0 Å². The van der Waals surface area contributed by atoms with Crippen LogP contribution in [0.2, 0.25) is 0 Å². The summed E-state index contributed by atoms with van der Waals surface area (Å²) in [4.78, 5) is 38.9. The lowest BCUT2D eigenvalue weighted by molar-refractivity contribution is -0.175. The minimum absolute atomic E-state index is 0.00285. The number of hydrogen-bond acceptors (Lipinski definition) is 8. The van der Waals surface area contributed by atoms with Gasteiger partial charge in [-0.05, 0) is 73.7 Å². The molecule has 2 aliphatic rings. The minimum atomic E-state index is -1.40. The van der Waals surface area contributed by atoms with Crippen molar-refractivity contribution in [1.82, 2.24) is 0 Å². The molecule has 2 saturated carbocycles. The van der Waals surface area contributed by atoms with E-state index in [1.807, 2.05) is 30.3 Å². The smallest absolute Gasteiger partial charge is 0.332 e. The molecule has 2 fully saturated rings. The molecule has 0 amide bonds. The third-order valence-electron chi connectivity index (χ3n) is 9.56. The first-order chi connectivity index (χ1) is 20.9. The van der Waals surface area contributed by atoms with Gasteiger partial charge < -0.3 is 23.7 Å². The summed E-state index contributed by atoms with van der Waals surface area (Å²) in [6.07, 6.45) is 6.31. The lowest BCUT2D eigenvalue weighted by Crippen LogP contribution is -2.42. The largest absolute Gasteiger partial charge is 0.463 e. The quantitative estimate of drug-likeness (QED) is 0.157. The van der Waals surface area contributed by atoms with E-state index in [1.165, 1.54) is 12.8 Å². The first-order valence-corrected chi connectivity index (χ1v) is 16.6. The highest BCUT2D eigenvalue weighted by molar-refractivity contribution is 5.78. The van der Waals surface area contributed by atoms with Crippen LogP contribution in [0.1, 0.15) is 92.6 Å². The van der Waals surface area contributed by atoms with Gasteiger partial charge in [0.15, 0.2) is 0 Å². The van der Waals surface area contributed by atoms with Crippen molar-refractivity contribution in [2.45, 2.75) is 106 Å². The molecular formula is C36H56O8. The standard InChI is InChI=1S/C36H56O8/c1-24(2)29-15-13-26(5)17-31(29)40-20-33(37)43-22-36(7,35(39)42-19-28-11-9-8-10-12-28)23-44-34(38)21-41-32-18-27(6)14-16-30(32)25(3)4/h8-12,24-27,29-32H,13-23H2,1-7H3/t26-,27-,29+,30+,31-,32-/m1/s1. The third kappa shape index (κ3) is 11.2. The van der Waals surface area contributed by atoms with Gasteiger partial charge in [-0.2, -0.15) is 0 Å². The summed E-state index contributed by atoms with van der Waals surface area (Å²) < 4.78 is 28.8. The van der Waals surface area contributed by atoms with Crippen LogP contribution in [0.3, 0.4) is 0 Å². The second-order valence-electron chi connectivity index (χ2n) is 14.3. The van der Waals surface area contributed by atoms with E-state index in [-0.39, 0.29) is 45.2 Å². The van der Waals surface area contributed by atoms with Crippen molar-refractivity contribution < 1.29 is 38.1 Å². The highest BCUT2D eigenvalue weighted by atomic mass is 16.6. The van der Waals surface area contributed by atoms with Crippen LogP contribution < -0.4 is 0 Å². The summed E-state index contributed by atoms with van der Waals surface area (Å²) in [6.45, 7) is 13.8. The highest BCUT2D eigenvalue weighted by Gasteiger charge is 2.39. The van der Waals surface area contributed by atoms with Gasteiger partial charge in [0.05, 0.1) is 12.2 Å². The number of carbonyl (C=O) groups excluding carboxylic acids is 3. The van der Waals surface area contributed by atoms with Gasteiger partial charge in [0.1, 0.15) is 38.4 Å². The molecule has 0 saturated heterocycles. The van der Waals surface area contributed by atoms with Gasteiger partial charge >= 0.3 is 17.9 Å². The molecule has 0 bridgehead atoms. The zero-order chi connectivity index (χ0) is 32.3. The molecule has 3 rings (SSSR count). The normalized spacial score (nSPS) is 25.9. The van der Waals surface area contributed by atoms with Crippen LogP contribution in [0.4, 0.5) is 0 Å². The number of carbonyl (C=O) groups is 3. The summed E-state index contributed by atoms with van der Waals surface area (Å²) in [5.74, 6) is 1.06. The molecule has 1 aromatic carbocycles. The molecule has 8 heteroatoms. The van der Waals surface area contributed by atoms with Gasteiger partial charge in [-0.25, -0.2) is 9.59 Å². The van der Waals surface area contributed by atoms with E-state index in [4.69, 9.17) is 23.7 Å². The van der Waals surface area contributed by atoms with E-state index >= 15 is 0 Å². The molecule has 248 valence electrons. The summed E-state index contributed by atoms with van der Waals surface area (Å²) in [7, 11) is 0. The van der Waals surface area contributed by atoms with Crippen LogP contribution in [-0.2, 0) is 44.7 Å². The molecule has 6 atom stereocenters. The van der Waals surface area contributed by atoms with Crippen LogP contribution in [0, 0.1) is 40.9 Å². The maximum atomic E-state index is 13.3. The molecule has 1 aromatic rings. The molecule has 0 N–H and O–H groups in total. The number of ether oxygens (including phenoxy) is 5. The zero-order valence-corrected chi connectivity index (χ0v) is 28.0. The highest BCUT2D eigenvalue weighted by Crippen LogP contribution is 2.36. The van der Waals surface area contributed by atoms with Crippen LogP contribution in [-0.4, -0.2) is 56.5 Å². The van der Waals surface area contributed by atoms with Crippen molar-refractivity contribution in [1.29, 1.82) is 0 Å². The monoisotopic (exact) mass is 616 g/mol. The lowest BCUT2D eigenvalue weighted by atomic mass is 9.75. The van der Waals surface area contributed by atoms with Crippen molar-refractivity contribution in [3.8, 4) is 0 Å². The molecular weight excluding hydrogens is 560 g/mol. The summed E-state index contributed by atoms with van der Waals surface area (Å²) in [5, 5.41) is 0. The van der Waals surface area contributed by atoms with E-state index in [0.717, 1.165) is 31.2 Å². The van der Waals surface area contributed by atoms with Crippen LogP contribution >= 0.6 is 0 Å². The fourth-order valence-electron chi connectivity index (χ4n) is 6.58. The number of rotatable bonds is 15. The fourth-order valence-corrected chi connectivity index (χ4v) is 6.58. The van der Waals surface area contributed by atoms with Crippen LogP contribution in [0.15, 0.2) is 30.3 Å². The van der Waals surface area contributed by atoms with Crippen LogP contribution in [0.25, 0.3) is 0 Å². The van der Waals surface area contributed by atoms with Gasteiger partial charge in [-0.1, -0.05) is 84.7 Å². The first-order valence-electron chi connectivity index (χ1n) is 16.6. The summed E-state index contributed by atoms with van der Waals surface area (Å²) in [5.41, 5.74) is -0.582. The Balaban J connectivity index is 1.57. The Labute approximate surface area is 264 Å². The second-order valence-corrected chi connectivity index (χ2v) is 14.3. The fraction of sp³-hybridized carbons (Fsp3) is 0.750. The van der Waals surface area contributed by atoms with Gasteiger partial charge in [-0.15, -0.1) is 0 Å². The third-order valence-corrected chi connectivity index (χ3v) is 9.56. The number of hydrogen-bond donors (Lipinski definition) is 0. The van der Waals surface area contributed by atoms with Gasteiger partial charge in [0, 0.05) is 0 Å². The van der Waals surface area contributed by atoms with E-state index in [2.05, 4.69) is 41.5 Å². The van der Waals surface area contributed by atoms with Crippen molar-refractivity contribution in [2.75, 3.05) is 26.4 Å². The lowest BCUT2D eigenvalue weighted by Gasteiger charge is -2.37. The molecule has 0 spiro atoms. The van der Waals surface area contributed by atoms with Crippen molar-refractivity contribution >= 4 is 17.9 Å². The molecule has 44 heavy (non-hydrogen) atoms. The minimum Gasteiger partial charge on any atom is -0.463 e. The average molecular weight is 617 g/mol. The summed E-state index contributed by atoms with van der Waals surface area (Å²) >= 11 is 0. The predicted octanol–water partition coefficient (Wildman–Crippen LogP) is 6.78. The zero-order valence-electron chi connectivity index (χ0n) is 28.0. The van der Waals surface area contributed by atoms with Crippen molar-refractivity contribution in [3.05, 3.63) is 35.9 Å². The predicted molar refractivity (Wildman–Crippen MR) is 168 cm³/mol. The van der Waals surface area contributed by atoms with Gasteiger partial charge in [0.2, 0.25) is 0 Å². The maximum absolute atomic E-state index is 13.3. The van der Waals surface area contributed by atoms with Gasteiger partial charge in [0.25, 0.3) is 0 Å². The second kappa shape index (κ2) is 17.3. The van der Waals surface area contributed by atoms with E-state index in [9.17, 15) is 14.4 Å². The molecule has 0 aromatic heterocycles. The molecule has 2 aliphatic carbocycles. The Bertz CT molecular complexity index is 986. The van der Waals surface area contributed by atoms with E-state index < -0.39 is 23.3 Å². The Morgan fingerprint density at radius 3 is 1.61 bits per heavy atom. The van der Waals surface area contributed by atoms with E-state index in [0.29, 0.717) is 35.5 Å². The Morgan fingerprint density at radius 2 is 1.18 bits per heavy atom. The molecule has 0 unspecified atom stereocenters. The molecule has 8 nitrogen and oxygen atoms in total. The van der Waals surface area contributed by atoms with Crippen molar-refractivity contribution in [3.63, 3.8) is 0 Å². The SMILES string of the molecule is CC(C)[C@@H]1CC[C@@H](C)C[C@H]1OCC(=O)OCC(C)(COC(=O)CO[C@@H]1C[C@H](C)CC[C@H]1C(C)C)C(=O)OCc1ccccc1. The van der Waals surface area contributed by atoms with E-state index in [1.54, 1.807) is 6.92 Å².